The molecule has 3 saturated heterocycles. The molecular weight excluding hydrogens is 344 g/mol. The number of aromatic nitrogens is 2. The zero-order valence-corrected chi connectivity index (χ0v) is 16.2. The van der Waals surface area contributed by atoms with Gasteiger partial charge in [0.1, 0.15) is 12.6 Å². The van der Waals surface area contributed by atoms with Gasteiger partial charge in [-0.1, -0.05) is 0 Å². The van der Waals surface area contributed by atoms with Crippen LogP contribution in [0.15, 0.2) is 12.4 Å². The molecule has 1 aromatic heterocycles. The van der Waals surface area contributed by atoms with Gasteiger partial charge in [0.15, 0.2) is 0 Å². The molecule has 0 N–H and O–H groups in total. The Labute approximate surface area is 160 Å². The van der Waals surface area contributed by atoms with Gasteiger partial charge < -0.3 is 14.5 Å². The summed E-state index contributed by atoms with van der Waals surface area (Å²) in [7, 11) is 0. The van der Waals surface area contributed by atoms with E-state index in [0.29, 0.717) is 19.8 Å². The van der Waals surface area contributed by atoms with Gasteiger partial charge in [-0.2, -0.15) is 5.10 Å². The summed E-state index contributed by atoms with van der Waals surface area (Å²) in [5.74, 6) is 0.153. The molecule has 0 saturated carbocycles. The van der Waals surface area contributed by atoms with Crippen molar-refractivity contribution < 1.29 is 14.3 Å². The summed E-state index contributed by atoms with van der Waals surface area (Å²) in [5.41, 5.74) is 0.901. The Morgan fingerprint density at radius 1 is 1.15 bits per heavy atom. The third kappa shape index (κ3) is 3.61. The van der Waals surface area contributed by atoms with E-state index >= 15 is 0 Å². The highest BCUT2D eigenvalue weighted by Gasteiger charge is 2.51. The standard InChI is InChI=1S/C20H30N4O3/c1-16-13-21-23(14-16)15-17(25)24-10-4-5-20(6-11-27-12-7-20)18(24)19(26)22-8-2-3-9-22/h13-14,18H,2-12,15H2,1H3. The largest absolute Gasteiger partial charge is 0.381 e. The second-order valence-electron chi connectivity index (χ2n) is 8.32. The third-order valence-electron chi connectivity index (χ3n) is 6.49. The predicted octanol–water partition coefficient (Wildman–Crippen LogP) is 1.60. The van der Waals surface area contributed by atoms with Crippen LogP contribution in [0.4, 0.5) is 0 Å². The summed E-state index contributed by atoms with van der Waals surface area (Å²) < 4.78 is 7.28. The highest BCUT2D eigenvalue weighted by atomic mass is 16.5. The Morgan fingerprint density at radius 2 is 1.89 bits per heavy atom. The minimum absolute atomic E-state index is 0.00112. The maximum Gasteiger partial charge on any atom is 0.245 e. The topological polar surface area (TPSA) is 67.7 Å². The van der Waals surface area contributed by atoms with Crippen molar-refractivity contribution in [1.82, 2.24) is 19.6 Å². The molecular formula is C20H30N4O3. The molecule has 3 aliphatic heterocycles. The van der Waals surface area contributed by atoms with Gasteiger partial charge in [-0.3, -0.25) is 14.3 Å². The quantitative estimate of drug-likeness (QED) is 0.806. The van der Waals surface area contributed by atoms with Crippen molar-refractivity contribution in [2.75, 3.05) is 32.8 Å². The molecule has 1 unspecified atom stereocenters. The lowest BCUT2D eigenvalue weighted by Crippen LogP contribution is -2.63. The summed E-state index contributed by atoms with van der Waals surface area (Å²) in [6.07, 6.45) is 9.45. The van der Waals surface area contributed by atoms with Crippen LogP contribution in [0.5, 0.6) is 0 Å². The number of hydrogen-bond acceptors (Lipinski definition) is 4. The zero-order chi connectivity index (χ0) is 18.9. The molecule has 2 amide bonds. The van der Waals surface area contributed by atoms with Gasteiger partial charge in [-0.25, -0.2) is 0 Å². The molecule has 4 rings (SSSR count). The first-order valence-electron chi connectivity index (χ1n) is 10.2. The lowest BCUT2D eigenvalue weighted by molar-refractivity contribution is -0.161. The lowest BCUT2D eigenvalue weighted by atomic mass is 9.67. The highest BCUT2D eigenvalue weighted by Crippen LogP contribution is 2.45. The fourth-order valence-corrected chi connectivity index (χ4v) is 5.06. The first kappa shape index (κ1) is 18.5. The third-order valence-corrected chi connectivity index (χ3v) is 6.49. The molecule has 0 aromatic carbocycles. The Kier molecular flexibility index (Phi) is 5.21. The summed E-state index contributed by atoms with van der Waals surface area (Å²) >= 11 is 0. The maximum absolute atomic E-state index is 13.5. The number of aryl methyl sites for hydroxylation is 1. The molecule has 1 spiro atoms. The van der Waals surface area contributed by atoms with Crippen LogP contribution >= 0.6 is 0 Å². The SMILES string of the molecule is Cc1cnn(CC(=O)N2CCCC3(CCOCC3)C2C(=O)N2CCCC2)c1. The second kappa shape index (κ2) is 7.62. The Hall–Kier alpha value is -1.89. The van der Waals surface area contributed by atoms with Crippen molar-refractivity contribution in [2.45, 2.75) is 58.0 Å². The van der Waals surface area contributed by atoms with E-state index in [1.54, 1.807) is 10.9 Å². The van der Waals surface area contributed by atoms with E-state index in [1.165, 1.54) is 0 Å². The summed E-state index contributed by atoms with van der Waals surface area (Å²) in [6, 6.07) is -0.350. The summed E-state index contributed by atoms with van der Waals surface area (Å²) in [5, 5.41) is 4.26. The summed E-state index contributed by atoms with van der Waals surface area (Å²) in [6.45, 7) is 5.83. The number of rotatable bonds is 3. The van der Waals surface area contributed by atoms with Crippen LogP contribution in [-0.2, 0) is 20.9 Å². The van der Waals surface area contributed by atoms with Crippen molar-refractivity contribution in [3.63, 3.8) is 0 Å². The second-order valence-corrected chi connectivity index (χ2v) is 8.32. The first-order chi connectivity index (χ1) is 13.1. The van der Waals surface area contributed by atoms with E-state index in [-0.39, 0.29) is 29.8 Å². The van der Waals surface area contributed by atoms with Gasteiger partial charge in [-0.05, 0) is 51.0 Å². The van der Waals surface area contributed by atoms with Crippen LogP contribution in [0.1, 0.15) is 44.1 Å². The Morgan fingerprint density at radius 3 is 2.56 bits per heavy atom. The van der Waals surface area contributed by atoms with Gasteiger partial charge in [0.05, 0.1) is 6.20 Å². The Balaban J connectivity index is 1.60. The molecule has 27 heavy (non-hydrogen) atoms. The molecule has 4 heterocycles. The van der Waals surface area contributed by atoms with Crippen LogP contribution in [0.3, 0.4) is 0 Å². The average molecular weight is 374 g/mol. The van der Waals surface area contributed by atoms with Crippen LogP contribution in [0.2, 0.25) is 0 Å². The van der Waals surface area contributed by atoms with Gasteiger partial charge in [0, 0.05) is 44.5 Å². The molecule has 0 aliphatic carbocycles. The number of amides is 2. The van der Waals surface area contributed by atoms with Gasteiger partial charge in [0.2, 0.25) is 11.8 Å². The molecule has 3 fully saturated rings. The van der Waals surface area contributed by atoms with E-state index < -0.39 is 0 Å². The van der Waals surface area contributed by atoms with Gasteiger partial charge in [0.25, 0.3) is 0 Å². The van der Waals surface area contributed by atoms with Crippen molar-refractivity contribution in [1.29, 1.82) is 0 Å². The molecule has 148 valence electrons. The van der Waals surface area contributed by atoms with Gasteiger partial charge >= 0.3 is 0 Å². The van der Waals surface area contributed by atoms with Crippen molar-refractivity contribution >= 4 is 11.8 Å². The minimum Gasteiger partial charge on any atom is -0.381 e. The molecule has 7 nitrogen and oxygen atoms in total. The fraction of sp³-hybridized carbons (Fsp3) is 0.750. The van der Waals surface area contributed by atoms with E-state index in [2.05, 4.69) is 5.10 Å². The number of ether oxygens (including phenoxy) is 1. The van der Waals surface area contributed by atoms with E-state index in [1.807, 2.05) is 22.9 Å². The molecule has 0 bridgehead atoms. The average Bonchev–Trinajstić information content (AvgIpc) is 3.33. The van der Waals surface area contributed by atoms with Crippen LogP contribution in [-0.4, -0.2) is 70.3 Å². The smallest absolute Gasteiger partial charge is 0.245 e. The first-order valence-corrected chi connectivity index (χ1v) is 10.2. The monoisotopic (exact) mass is 374 g/mol. The number of likely N-dealkylation sites (tertiary alicyclic amines) is 2. The number of hydrogen-bond donors (Lipinski definition) is 0. The van der Waals surface area contributed by atoms with Crippen molar-refractivity contribution in [2.24, 2.45) is 5.41 Å². The van der Waals surface area contributed by atoms with E-state index in [0.717, 1.165) is 57.2 Å². The summed E-state index contributed by atoms with van der Waals surface area (Å²) in [4.78, 5) is 30.6. The number of nitrogens with zero attached hydrogens (tertiary/aromatic N) is 4. The Bertz CT molecular complexity index is 684. The number of carbonyl (C=O) groups is 2. The van der Waals surface area contributed by atoms with Crippen molar-refractivity contribution in [3.8, 4) is 0 Å². The normalized spacial score (nSPS) is 25.1. The lowest BCUT2D eigenvalue weighted by Gasteiger charge is -2.51. The van der Waals surface area contributed by atoms with Crippen LogP contribution in [0.25, 0.3) is 0 Å². The predicted molar refractivity (Wildman–Crippen MR) is 100.0 cm³/mol. The van der Waals surface area contributed by atoms with Crippen LogP contribution < -0.4 is 0 Å². The van der Waals surface area contributed by atoms with Crippen molar-refractivity contribution in [3.05, 3.63) is 18.0 Å². The molecule has 0 radical (unpaired) electrons. The number of carbonyl (C=O) groups excluding carboxylic acids is 2. The van der Waals surface area contributed by atoms with E-state index in [4.69, 9.17) is 4.74 Å². The highest BCUT2D eigenvalue weighted by molar-refractivity contribution is 5.89. The fourth-order valence-electron chi connectivity index (χ4n) is 5.06. The molecule has 1 atom stereocenters. The van der Waals surface area contributed by atoms with E-state index in [9.17, 15) is 9.59 Å². The molecule has 3 aliphatic rings. The van der Waals surface area contributed by atoms with Crippen LogP contribution in [0, 0.1) is 12.3 Å². The minimum atomic E-state index is -0.350. The molecule has 7 heteroatoms. The van der Waals surface area contributed by atoms with Gasteiger partial charge in [-0.15, -0.1) is 0 Å². The molecule has 1 aromatic rings. The zero-order valence-electron chi connectivity index (χ0n) is 16.2. The number of piperidine rings is 1. The maximum atomic E-state index is 13.5.